The van der Waals surface area contributed by atoms with Crippen LogP contribution in [0.5, 0.6) is 11.5 Å². The molecule has 1 saturated heterocycles. The van der Waals surface area contributed by atoms with Gasteiger partial charge in [0, 0.05) is 18.5 Å². The minimum atomic E-state index is -0.924. The van der Waals surface area contributed by atoms with E-state index in [2.05, 4.69) is 5.32 Å². The molecular formula is C24H28N2O5. The number of methoxy groups -OCH3 is 2. The topological polar surface area (TPSA) is 77.1 Å². The Hall–Kier alpha value is -3.06. The van der Waals surface area contributed by atoms with E-state index in [1.54, 1.807) is 19.1 Å². The van der Waals surface area contributed by atoms with E-state index >= 15 is 0 Å². The standard InChI is InChI=1S/C24H28N2O5/c1-15(27)31-23-20(16-6-8-18(29-2)9-7-16)14-17-13-19(30-3)10-11-21(17)26(24(23)28)22-5-4-12-25-22/h6-11,13,20,22-23,25H,4-5,12,14H2,1-3H3/t20-,22+,23+/m0/s1. The van der Waals surface area contributed by atoms with Gasteiger partial charge in [0.15, 0.2) is 6.10 Å². The molecule has 4 rings (SSSR count). The average molecular weight is 424 g/mol. The number of amides is 1. The molecule has 7 nitrogen and oxygen atoms in total. The molecule has 1 amide bonds. The first-order chi connectivity index (χ1) is 15.0. The largest absolute Gasteiger partial charge is 0.497 e. The minimum Gasteiger partial charge on any atom is -0.497 e. The van der Waals surface area contributed by atoms with Crippen LogP contribution in [0, 0.1) is 0 Å². The lowest BCUT2D eigenvalue weighted by Gasteiger charge is -2.32. The normalized spacial score (nSPS) is 23.1. The molecule has 7 heteroatoms. The number of fused-ring (bicyclic) bond motifs is 1. The number of carbonyl (C=O) groups excluding carboxylic acids is 2. The van der Waals surface area contributed by atoms with Crippen molar-refractivity contribution in [3.63, 3.8) is 0 Å². The molecule has 3 atom stereocenters. The SMILES string of the molecule is COc1ccc([C@@H]2Cc3cc(OC)ccc3N([C@@H]3CCCN3)C(=O)[C@@H]2OC(C)=O)cc1. The minimum absolute atomic E-state index is 0.132. The van der Waals surface area contributed by atoms with Crippen molar-refractivity contribution in [1.29, 1.82) is 0 Å². The summed E-state index contributed by atoms with van der Waals surface area (Å²) in [4.78, 5) is 27.6. The fourth-order valence-corrected chi connectivity index (χ4v) is 4.52. The summed E-state index contributed by atoms with van der Waals surface area (Å²) in [6, 6.07) is 13.3. The van der Waals surface area contributed by atoms with Gasteiger partial charge >= 0.3 is 5.97 Å². The molecule has 2 heterocycles. The zero-order valence-corrected chi connectivity index (χ0v) is 18.1. The van der Waals surface area contributed by atoms with Gasteiger partial charge in [-0.1, -0.05) is 12.1 Å². The summed E-state index contributed by atoms with van der Waals surface area (Å²) in [6.45, 7) is 2.19. The first-order valence-electron chi connectivity index (χ1n) is 10.6. The number of anilines is 1. The first kappa shape index (κ1) is 21.2. The van der Waals surface area contributed by atoms with Gasteiger partial charge in [-0.2, -0.15) is 0 Å². The number of hydrogen-bond acceptors (Lipinski definition) is 6. The van der Waals surface area contributed by atoms with E-state index in [0.717, 1.165) is 47.7 Å². The number of ether oxygens (including phenoxy) is 3. The molecule has 1 N–H and O–H groups in total. The number of nitrogens with one attached hydrogen (secondary N) is 1. The molecule has 1 fully saturated rings. The molecule has 2 aromatic rings. The average Bonchev–Trinajstić information content (AvgIpc) is 3.27. The number of benzene rings is 2. The summed E-state index contributed by atoms with van der Waals surface area (Å²) in [5.74, 6) is 0.440. The second-order valence-corrected chi connectivity index (χ2v) is 7.93. The lowest BCUT2D eigenvalue weighted by atomic mass is 9.87. The maximum absolute atomic E-state index is 13.8. The first-order valence-corrected chi connectivity index (χ1v) is 10.6. The summed E-state index contributed by atoms with van der Waals surface area (Å²) in [7, 11) is 3.24. The smallest absolute Gasteiger partial charge is 0.303 e. The Labute approximate surface area is 182 Å². The molecule has 0 unspecified atom stereocenters. The van der Waals surface area contributed by atoms with Crippen molar-refractivity contribution in [1.82, 2.24) is 5.32 Å². The highest BCUT2D eigenvalue weighted by Crippen LogP contribution is 2.39. The fraction of sp³-hybridized carbons (Fsp3) is 0.417. The third-order valence-corrected chi connectivity index (χ3v) is 6.02. The predicted molar refractivity (Wildman–Crippen MR) is 116 cm³/mol. The molecule has 31 heavy (non-hydrogen) atoms. The van der Waals surface area contributed by atoms with Gasteiger partial charge in [-0.05, 0) is 67.3 Å². The molecule has 0 radical (unpaired) electrons. The van der Waals surface area contributed by atoms with Crippen molar-refractivity contribution in [2.24, 2.45) is 0 Å². The monoisotopic (exact) mass is 424 g/mol. The van der Waals surface area contributed by atoms with Crippen molar-refractivity contribution in [2.45, 2.75) is 44.4 Å². The lowest BCUT2D eigenvalue weighted by molar-refractivity contribution is -0.154. The van der Waals surface area contributed by atoms with Crippen LogP contribution in [0.3, 0.4) is 0 Å². The van der Waals surface area contributed by atoms with Gasteiger partial charge in [-0.15, -0.1) is 0 Å². The third-order valence-electron chi connectivity index (χ3n) is 6.02. The lowest BCUT2D eigenvalue weighted by Crippen LogP contribution is -2.51. The molecule has 0 bridgehead atoms. The van der Waals surface area contributed by atoms with Crippen molar-refractivity contribution in [3.05, 3.63) is 53.6 Å². The second kappa shape index (κ2) is 8.98. The van der Waals surface area contributed by atoms with Gasteiger partial charge in [0.2, 0.25) is 0 Å². The van der Waals surface area contributed by atoms with Gasteiger partial charge in [0.25, 0.3) is 5.91 Å². The maximum Gasteiger partial charge on any atom is 0.303 e. The molecule has 0 aliphatic carbocycles. The summed E-state index contributed by atoms with van der Waals surface area (Å²) >= 11 is 0. The number of hydrogen-bond donors (Lipinski definition) is 1. The van der Waals surface area contributed by atoms with Crippen LogP contribution < -0.4 is 19.7 Å². The Kier molecular flexibility index (Phi) is 6.13. The molecule has 164 valence electrons. The van der Waals surface area contributed by atoms with E-state index in [9.17, 15) is 9.59 Å². The molecule has 2 aliphatic heterocycles. The summed E-state index contributed by atoms with van der Waals surface area (Å²) in [5, 5.41) is 3.41. The number of rotatable bonds is 5. The van der Waals surface area contributed by atoms with Crippen LogP contribution in [-0.2, 0) is 20.7 Å². The number of esters is 1. The van der Waals surface area contributed by atoms with Gasteiger partial charge in [0.05, 0.1) is 20.4 Å². The van der Waals surface area contributed by atoms with Crippen LogP contribution in [0.4, 0.5) is 5.69 Å². The summed E-state index contributed by atoms with van der Waals surface area (Å²) in [5.41, 5.74) is 2.73. The quantitative estimate of drug-likeness (QED) is 0.744. The summed E-state index contributed by atoms with van der Waals surface area (Å²) < 4.78 is 16.4. The van der Waals surface area contributed by atoms with Crippen molar-refractivity contribution in [3.8, 4) is 11.5 Å². The van der Waals surface area contributed by atoms with E-state index in [1.165, 1.54) is 6.92 Å². The number of nitrogens with zero attached hydrogens (tertiary/aromatic N) is 1. The van der Waals surface area contributed by atoms with Gasteiger partial charge < -0.3 is 14.2 Å². The highest BCUT2D eigenvalue weighted by Gasteiger charge is 2.43. The van der Waals surface area contributed by atoms with Crippen LogP contribution in [0.1, 0.15) is 36.8 Å². The van der Waals surface area contributed by atoms with E-state index in [1.807, 2.05) is 42.5 Å². The van der Waals surface area contributed by atoms with E-state index in [-0.39, 0.29) is 18.0 Å². The van der Waals surface area contributed by atoms with Gasteiger partial charge in [0.1, 0.15) is 11.5 Å². The Morgan fingerprint density at radius 3 is 2.39 bits per heavy atom. The van der Waals surface area contributed by atoms with E-state index in [4.69, 9.17) is 14.2 Å². The van der Waals surface area contributed by atoms with Crippen molar-refractivity contribution < 1.29 is 23.8 Å². The molecular weight excluding hydrogens is 396 g/mol. The van der Waals surface area contributed by atoms with E-state index in [0.29, 0.717) is 6.42 Å². The Balaban J connectivity index is 1.83. The highest BCUT2D eigenvalue weighted by molar-refractivity contribution is 6.00. The second-order valence-electron chi connectivity index (χ2n) is 7.93. The van der Waals surface area contributed by atoms with Crippen LogP contribution in [0.25, 0.3) is 0 Å². The molecule has 2 aliphatic rings. The maximum atomic E-state index is 13.8. The summed E-state index contributed by atoms with van der Waals surface area (Å²) in [6.07, 6.45) is 1.31. The van der Waals surface area contributed by atoms with Gasteiger partial charge in [-0.3, -0.25) is 19.8 Å². The molecule has 0 aromatic heterocycles. The third kappa shape index (κ3) is 4.23. The van der Waals surface area contributed by atoms with Crippen LogP contribution in [0.15, 0.2) is 42.5 Å². The van der Waals surface area contributed by atoms with Crippen LogP contribution >= 0.6 is 0 Å². The number of carbonyl (C=O) groups is 2. The zero-order chi connectivity index (χ0) is 22.0. The Morgan fingerprint density at radius 2 is 1.77 bits per heavy atom. The fourth-order valence-electron chi connectivity index (χ4n) is 4.52. The van der Waals surface area contributed by atoms with Gasteiger partial charge in [-0.25, -0.2) is 0 Å². The van der Waals surface area contributed by atoms with Crippen molar-refractivity contribution in [2.75, 3.05) is 25.7 Å². The molecule has 2 aromatic carbocycles. The van der Waals surface area contributed by atoms with Crippen LogP contribution in [0.2, 0.25) is 0 Å². The highest BCUT2D eigenvalue weighted by atomic mass is 16.5. The van der Waals surface area contributed by atoms with Crippen LogP contribution in [-0.4, -0.2) is 44.9 Å². The Bertz CT molecular complexity index is 953. The zero-order valence-electron chi connectivity index (χ0n) is 18.1. The Morgan fingerprint density at radius 1 is 1.06 bits per heavy atom. The predicted octanol–water partition coefficient (Wildman–Crippen LogP) is 3.02. The molecule has 0 spiro atoms. The van der Waals surface area contributed by atoms with Crippen molar-refractivity contribution >= 4 is 17.6 Å². The molecule has 0 saturated carbocycles. The van der Waals surface area contributed by atoms with E-state index < -0.39 is 12.1 Å².